The largest absolute Gasteiger partial charge is 0.378 e. The Balaban J connectivity index is 3.03. The minimum absolute atomic E-state index is 0.465. The third kappa shape index (κ3) is 1.42. The van der Waals surface area contributed by atoms with Crippen LogP contribution in [0.3, 0.4) is 0 Å². The van der Waals surface area contributed by atoms with Crippen molar-refractivity contribution in [3.05, 3.63) is 24.5 Å². The molecule has 0 radical (unpaired) electrons. The van der Waals surface area contributed by atoms with Crippen LogP contribution in [0.2, 0.25) is 0 Å². The zero-order valence-electron chi connectivity index (χ0n) is 6.63. The van der Waals surface area contributed by atoms with Gasteiger partial charge in [0.1, 0.15) is 0 Å². The molecule has 0 atom stereocenters. The molecule has 9 heavy (non-hydrogen) atoms. The Morgan fingerprint density at radius 2 is 2.33 bits per heavy atom. The Hall–Kier alpha value is -1.05. The van der Waals surface area contributed by atoms with Crippen molar-refractivity contribution < 1.29 is 1.37 Å². The van der Waals surface area contributed by atoms with Gasteiger partial charge in [-0.15, -0.1) is 0 Å². The summed E-state index contributed by atoms with van der Waals surface area (Å²) in [5.74, 6) is 0. The molecule has 0 saturated carbocycles. The summed E-state index contributed by atoms with van der Waals surface area (Å²) in [5, 5.41) is 0. The van der Waals surface area contributed by atoms with Crippen molar-refractivity contribution in [3.8, 4) is 0 Å². The number of pyridine rings is 1. The molecule has 0 saturated heterocycles. The number of anilines is 1. The van der Waals surface area contributed by atoms with Crippen LogP contribution in [0.5, 0.6) is 0 Å². The second-order valence-corrected chi connectivity index (χ2v) is 2.02. The van der Waals surface area contributed by atoms with Crippen LogP contribution in [0.25, 0.3) is 0 Å². The van der Waals surface area contributed by atoms with Gasteiger partial charge in [-0.3, -0.25) is 4.98 Å². The van der Waals surface area contributed by atoms with E-state index in [0.29, 0.717) is 6.04 Å². The van der Waals surface area contributed by atoms with E-state index in [1.54, 1.807) is 6.20 Å². The summed E-state index contributed by atoms with van der Waals surface area (Å²) >= 11 is 0. The lowest BCUT2D eigenvalue weighted by Gasteiger charge is -2.10. The molecule has 0 fully saturated rings. The van der Waals surface area contributed by atoms with Crippen molar-refractivity contribution in [2.24, 2.45) is 0 Å². The molecule has 0 aliphatic heterocycles. The molecule has 1 aromatic rings. The van der Waals surface area contributed by atoms with Crippen molar-refractivity contribution in [2.45, 2.75) is 0 Å². The molecule has 1 rings (SSSR count). The molecule has 2 heteroatoms. The van der Waals surface area contributed by atoms with Crippen LogP contribution in [-0.2, 0) is 0 Å². The van der Waals surface area contributed by atoms with Gasteiger partial charge in [0, 0.05) is 32.2 Å². The van der Waals surface area contributed by atoms with Crippen LogP contribution in [0.4, 0.5) is 5.69 Å². The lowest BCUT2D eigenvalue weighted by molar-refractivity contribution is 1.12. The van der Waals surface area contributed by atoms with Gasteiger partial charge in [-0.05, 0) is 12.1 Å². The van der Waals surface area contributed by atoms with Crippen LogP contribution in [0.1, 0.15) is 1.37 Å². The smallest absolute Gasteiger partial charge is 0.0661 e. The quantitative estimate of drug-likeness (QED) is 0.557. The second kappa shape index (κ2) is 2.49. The first-order valence-corrected chi connectivity index (χ1v) is 2.80. The van der Waals surface area contributed by atoms with Gasteiger partial charge in [-0.2, -0.15) is 0 Å². The average molecular weight is 123 g/mol. The molecule has 0 amide bonds. The molecular weight excluding hydrogens is 112 g/mol. The molecule has 0 bridgehead atoms. The maximum absolute atomic E-state index is 7.40. The molecule has 1 aromatic heterocycles. The average Bonchev–Trinajstić information content (AvgIpc) is 1.88. The second-order valence-electron chi connectivity index (χ2n) is 2.02. The van der Waals surface area contributed by atoms with Crippen molar-refractivity contribution in [1.82, 2.24) is 4.98 Å². The minimum Gasteiger partial charge on any atom is -0.378 e. The zero-order valence-corrected chi connectivity index (χ0v) is 5.63. The van der Waals surface area contributed by atoms with Gasteiger partial charge in [-0.25, -0.2) is 0 Å². The van der Waals surface area contributed by atoms with E-state index in [1.807, 2.05) is 25.1 Å². The fraction of sp³-hybridized carbons (Fsp3) is 0.286. The van der Waals surface area contributed by atoms with Gasteiger partial charge < -0.3 is 4.90 Å². The fourth-order valence-corrected chi connectivity index (χ4v) is 0.586. The summed E-state index contributed by atoms with van der Waals surface area (Å²) in [6.07, 6.45) is 3.22. The molecule has 0 unspecified atom stereocenters. The Kier molecular flexibility index (Phi) is 1.32. The Bertz CT molecular complexity index is 223. The summed E-state index contributed by atoms with van der Waals surface area (Å²) in [4.78, 5) is 5.71. The van der Waals surface area contributed by atoms with Gasteiger partial charge in [0.05, 0.1) is 1.37 Å². The van der Waals surface area contributed by atoms with E-state index < -0.39 is 0 Å². The van der Waals surface area contributed by atoms with E-state index in [-0.39, 0.29) is 0 Å². The van der Waals surface area contributed by atoms with Crippen LogP contribution in [0, 0.1) is 0 Å². The minimum atomic E-state index is 0.465. The van der Waals surface area contributed by atoms with Crippen LogP contribution < -0.4 is 4.90 Å². The van der Waals surface area contributed by atoms with Crippen LogP contribution in [0.15, 0.2) is 24.5 Å². The SMILES string of the molecule is [2H]c1cnccc1N(C)C. The monoisotopic (exact) mass is 123 g/mol. The molecule has 2 nitrogen and oxygen atoms in total. The normalized spacial score (nSPS) is 10.7. The first-order chi connectivity index (χ1) is 4.72. The van der Waals surface area contributed by atoms with E-state index in [1.165, 1.54) is 6.20 Å². The highest BCUT2D eigenvalue weighted by molar-refractivity contribution is 5.42. The van der Waals surface area contributed by atoms with Gasteiger partial charge in [-0.1, -0.05) is 0 Å². The van der Waals surface area contributed by atoms with Crippen molar-refractivity contribution in [2.75, 3.05) is 19.0 Å². The molecule has 0 aliphatic carbocycles. The molecule has 0 aromatic carbocycles. The molecule has 0 N–H and O–H groups in total. The van der Waals surface area contributed by atoms with Crippen molar-refractivity contribution in [1.29, 1.82) is 0 Å². The maximum Gasteiger partial charge on any atom is 0.0661 e. The first kappa shape index (κ1) is 4.79. The summed E-state index contributed by atoms with van der Waals surface area (Å²) in [6, 6.07) is 2.29. The number of rotatable bonds is 1. The number of nitrogens with zero attached hydrogens (tertiary/aromatic N) is 2. The van der Waals surface area contributed by atoms with Gasteiger partial charge >= 0.3 is 0 Å². The van der Waals surface area contributed by atoms with E-state index in [9.17, 15) is 0 Å². The van der Waals surface area contributed by atoms with E-state index in [0.717, 1.165) is 5.69 Å². The predicted molar refractivity (Wildman–Crippen MR) is 38.6 cm³/mol. The third-order valence-electron chi connectivity index (χ3n) is 1.09. The van der Waals surface area contributed by atoms with E-state index in [2.05, 4.69) is 4.98 Å². The fourth-order valence-electron chi connectivity index (χ4n) is 0.586. The number of aromatic nitrogens is 1. The Morgan fingerprint density at radius 1 is 1.56 bits per heavy atom. The van der Waals surface area contributed by atoms with Crippen molar-refractivity contribution >= 4 is 5.69 Å². The highest BCUT2D eigenvalue weighted by Crippen LogP contribution is 2.05. The summed E-state index contributed by atoms with van der Waals surface area (Å²) in [7, 11) is 3.82. The molecule has 48 valence electrons. The molecule has 0 aliphatic rings. The van der Waals surface area contributed by atoms with Crippen molar-refractivity contribution in [3.63, 3.8) is 0 Å². The Morgan fingerprint density at radius 3 is 2.78 bits per heavy atom. The highest BCUT2D eigenvalue weighted by Gasteiger charge is 1.88. The molecule has 0 spiro atoms. The number of hydrogen-bond acceptors (Lipinski definition) is 2. The third-order valence-corrected chi connectivity index (χ3v) is 1.09. The van der Waals surface area contributed by atoms with Gasteiger partial charge in [0.25, 0.3) is 0 Å². The summed E-state index contributed by atoms with van der Waals surface area (Å²) < 4.78 is 7.40. The predicted octanol–water partition coefficient (Wildman–Crippen LogP) is 1.15. The summed E-state index contributed by atoms with van der Waals surface area (Å²) in [5.41, 5.74) is 0.898. The molecular formula is C7H10N2. The van der Waals surface area contributed by atoms with Gasteiger partial charge in [0.2, 0.25) is 0 Å². The first-order valence-electron chi connectivity index (χ1n) is 3.30. The number of hydrogen-bond donors (Lipinski definition) is 0. The zero-order chi connectivity index (χ0) is 7.56. The standard InChI is InChI=1S/C7H10N2/c1-9(2)7-3-5-8-6-4-7/h3-6H,1-2H3/i3D. The van der Waals surface area contributed by atoms with Crippen LogP contribution >= 0.6 is 0 Å². The lowest BCUT2D eigenvalue weighted by atomic mass is 10.4. The van der Waals surface area contributed by atoms with Crippen LogP contribution in [-0.4, -0.2) is 19.1 Å². The van der Waals surface area contributed by atoms with E-state index >= 15 is 0 Å². The molecule has 1 heterocycles. The highest BCUT2D eigenvalue weighted by atomic mass is 15.1. The van der Waals surface area contributed by atoms with Gasteiger partial charge in [0.15, 0.2) is 0 Å². The lowest BCUT2D eigenvalue weighted by Crippen LogP contribution is -2.07. The Labute approximate surface area is 56.5 Å². The van der Waals surface area contributed by atoms with E-state index in [4.69, 9.17) is 1.37 Å². The summed E-state index contributed by atoms with van der Waals surface area (Å²) in [6.45, 7) is 0. The maximum atomic E-state index is 7.40. The topological polar surface area (TPSA) is 16.1 Å².